The van der Waals surface area contributed by atoms with Gasteiger partial charge in [-0.15, -0.1) is 0 Å². The standard InChI is InChI=1S/C26H31N3O2S/c1-3-9-21(4-2)24(22-10-6-5-7-11-22)14-16-27-18-19-29-32(30,31)26-13-8-12-23-20-28-17-15-25(23)26/h4-15,17,20,25-27,29H,2-3,16,18-19H2,1H3/b21-9+,24-14+. The molecule has 0 radical (unpaired) electrons. The zero-order chi connectivity index (χ0) is 22.8. The number of hydrogen-bond acceptors (Lipinski definition) is 4. The first-order valence-corrected chi connectivity index (χ1v) is 12.5. The second-order valence-electron chi connectivity index (χ2n) is 7.56. The van der Waals surface area contributed by atoms with Gasteiger partial charge in [-0.05, 0) is 28.7 Å². The molecule has 2 aliphatic rings. The first kappa shape index (κ1) is 23.9. The van der Waals surface area contributed by atoms with E-state index in [1.807, 2.05) is 36.4 Å². The molecular formula is C26H31N3O2S. The molecule has 1 aromatic rings. The molecule has 168 valence electrons. The van der Waals surface area contributed by atoms with Crippen molar-refractivity contribution in [2.45, 2.75) is 18.6 Å². The number of nitrogens with one attached hydrogen (secondary N) is 2. The summed E-state index contributed by atoms with van der Waals surface area (Å²) in [5.74, 6) is -0.193. The maximum atomic E-state index is 12.8. The fourth-order valence-corrected chi connectivity index (χ4v) is 5.32. The van der Waals surface area contributed by atoms with Gasteiger partial charge in [0.1, 0.15) is 5.25 Å². The summed E-state index contributed by atoms with van der Waals surface area (Å²) in [6.07, 6.45) is 17.7. The number of rotatable bonds is 11. The number of fused-ring (bicyclic) bond motifs is 1. The molecule has 0 bridgehead atoms. The van der Waals surface area contributed by atoms with Gasteiger partial charge in [-0.25, -0.2) is 13.1 Å². The van der Waals surface area contributed by atoms with Crippen LogP contribution in [0.3, 0.4) is 0 Å². The maximum absolute atomic E-state index is 12.8. The Morgan fingerprint density at radius 3 is 2.72 bits per heavy atom. The van der Waals surface area contributed by atoms with E-state index in [2.05, 4.69) is 52.8 Å². The van der Waals surface area contributed by atoms with Crippen molar-refractivity contribution in [3.63, 3.8) is 0 Å². The lowest BCUT2D eigenvalue weighted by molar-refractivity contribution is 0.560. The van der Waals surface area contributed by atoms with Gasteiger partial charge in [-0.1, -0.05) is 86.4 Å². The van der Waals surface area contributed by atoms with Crippen LogP contribution in [0, 0.1) is 5.92 Å². The van der Waals surface area contributed by atoms with E-state index in [4.69, 9.17) is 0 Å². The van der Waals surface area contributed by atoms with E-state index in [9.17, 15) is 8.42 Å². The molecule has 0 aromatic heterocycles. The second-order valence-corrected chi connectivity index (χ2v) is 9.48. The zero-order valence-electron chi connectivity index (χ0n) is 18.4. The number of nitrogens with zero attached hydrogens (tertiary/aromatic N) is 1. The maximum Gasteiger partial charge on any atom is 0.219 e. The Labute approximate surface area is 191 Å². The molecule has 0 fully saturated rings. The van der Waals surface area contributed by atoms with Gasteiger partial charge < -0.3 is 5.32 Å². The van der Waals surface area contributed by atoms with Gasteiger partial charge in [0.2, 0.25) is 10.0 Å². The van der Waals surface area contributed by atoms with Crippen molar-refractivity contribution < 1.29 is 8.42 Å². The lowest BCUT2D eigenvalue weighted by atomic mass is 9.90. The molecular weight excluding hydrogens is 418 g/mol. The first-order valence-electron chi connectivity index (χ1n) is 10.9. The van der Waals surface area contributed by atoms with Crippen LogP contribution in [0.15, 0.2) is 102 Å². The Kier molecular flexibility index (Phi) is 8.73. The third-order valence-electron chi connectivity index (χ3n) is 5.38. The second kappa shape index (κ2) is 11.7. The van der Waals surface area contributed by atoms with Crippen LogP contribution in [-0.4, -0.2) is 39.5 Å². The van der Waals surface area contributed by atoms with Crippen LogP contribution in [-0.2, 0) is 10.0 Å². The van der Waals surface area contributed by atoms with Crippen molar-refractivity contribution in [2.75, 3.05) is 19.6 Å². The van der Waals surface area contributed by atoms with Crippen LogP contribution in [0.25, 0.3) is 5.57 Å². The minimum absolute atomic E-state index is 0.193. The van der Waals surface area contributed by atoms with Gasteiger partial charge in [-0.2, -0.15) is 0 Å². The summed E-state index contributed by atoms with van der Waals surface area (Å²) in [5, 5.41) is 2.69. The fourth-order valence-electron chi connectivity index (χ4n) is 3.81. The molecule has 1 heterocycles. The Hall–Kier alpha value is -2.80. The molecule has 1 aromatic carbocycles. The summed E-state index contributed by atoms with van der Waals surface area (Å²) in [4.78, 5) is 4.09. The number of allylic oxidation sites excluding steroid dienone is 8. The van der Waals surface area contributed by atoms with E-state index in [0.717, 1.165) is 28.7 Å². The minimum Gasteiger partial charge on any atom is -0.312 e. The molecule has 6 heteroatoms. The van der Waals surface area contributed by atoms with Gasteiger partial charge in [0.25, 0.3) is 0 Å². The van der Waals surface area contributed by atoms with E-state index in [1.54, 1.807) is 24.6 Å². The SMILES string of the molecule is C=CC(=C\CC)/C(=C\CNCCNS(=O)(=O)C1C=CC=C2C=NC=CC21)c1ccccc1. The number of aliphatic imine (C=N–C) groups is 1. The largest absolute Gasteiger partial charge is 0.312 e. The Bertz CT molecular complexity index is 1080. The van der Waals surface area contributed by atoms with Crippen molar-refractivity contribution >= 4 is 21.8 Å². The number of sulfonamides is 1. The molecule has 2 N–H and O–H groups in total. The van der Waals surface area contributed by atoms with Crippen LogP contribution in [0.1, 0.15) is 18.9 Å². The van der Waals surface area contributed by atoms with Crippen LogP contribution in [0.2, 0.25) is 0 Å². The minimum atomic E-state index is -3.49. The van der Waals surface area contributed by atoms with Crippen LogP contribution >= 0.6 is 0 Å². The van der Waals surface area contributed by atoms with Gasteiger partial charge in [0.15, 0.2) is 0 Å². The van der Waals surface area contributed by atoms with Crippen LogP contribution < -0.4 is 10.0 Å². The predicted octanol–water partition coefficient (Wildman–Crippen LogP) is 4.18. The van der Waals surface area contributed by atoms with Crippen molar-refractivity contribution in [3.8, 4) is 0 Å². The topological polar surface area (TPSA) is 70.6 Å². The van der Waals surface area contributed by atoms with Gasteiger partial charge in [-0.3, -0.25) is 4.99 Å². The average molecular weight is 450 g/mol. The Morgan fingerprint density at radius 2 is 1.97 bits per heavy atom. The number of benzene rings is 1. The van der Waals surface area contributed by atoms with Crippen LogP contribution in [0.4, 0.5) is 0 Å². The summed E-state index contributed by atoms with van der Waals surface area (Å²) >= 11 is 0. The highest BCUT2D eigenvalue weighted by molar-refractivity contribution is 7.90. The predicted molar refractivity (Wildman–Crippen MR) is 135 cm³/mol. The number of hydrogen-bond donors (Lipinski definition) is 2. The normalized spacial score (nSPS) is 20.7. The lowest BCUT2D eigenvalue weighted by Crippen LogP contribution is -2.41. The van der Waals surface area contributed by atoms with Crippen molar-refractivity contribution in [1.82, 2.24) is 10.0 Å². The van der Waals surface area contributed by atoms with Gasteiger partial charge in [0.05, 0.1) is 0 Å². The summed E-state index contributed by atoms with van der Waals surface area (Å²) in [6, 6.07) is 10.2. The molecule has 0 saturated carbocycles. The molecule has 0 spiro atoms. The van der Waals surface area contributed by atoms with E-state index in [0.29, 0.717) is 19.6 Å². The molecule has 0 saturated heterocycles. The van der Waals surface area contributed by atoms with Crippen molar-refractivity contribution in [2.24, 2.45) is 10.9 Å². The van der Waals surface area contributed by atoms with Crippen molar-refractivity contribution in [3.05, 3.63) is 102 Å². The zero-order valence-corrected chi connectivity index (χ0v) is 19.3. The molecule has 1 aliphatic heterocycles. The van der Waals surface area contributed by atoms with E-state index >= 15 is 0 Å². The smallest absolute Gasteiger partial charge is 0.219 e. The molecule has 32 heavy (non-hydrogen) atoms. The Morgan fingerprint density at radius 1 is 1.16 bits per heavy atom. The highest BCUT2D eigenvalue weighted by Gasteiger charge is 2.33. The third kappa shape index (κ3) is 6.13. The fraction of sp³-hybridized carbons (Fsp3) is 0.269. The highest BCUT2D eigenvalue weighted by atomic mass is 32.2. The monoisotopic (exact) mass is 449 g/mol. The first-order chi connectivity index (χ1) is 15.6. The molecule has 0 amide bonds. The van der Waals surface area contributed by atoms with E-state index in [-0.39, 0.29) is 5.92 Å². The van der Waals surface area contributed by atoms with Gasteiger partial charge in [0, 0.05) is 38.0 Å². The summed E-state index contributed by atoms with van der Waals surface area (Å²) in [5.41, 5.74) is 4.26. The van der Waals surface area contributed by atoms with E-state index < -0.39 is 15.3 Å². The molecule has 3 rings (SSSR count). The quantitative estimate of drug-likeness (QED) is 0.393. The molecule has 1 aliphatic carbocycles. The van der Waals surface area contributed by atoms with E-state index in [1.165, 1.54) is 0 Å². The van der Waals surface area contributed by atoms with Crippen molar-refractivity contribution in [1.29, 1.82) is 0 Å². The third-order valence-corrected chi connectivity index (χ3v) is 7.16. The average Bonchev–Trinajstić information content (AvgIpc) is 2.82. The molecule has 5 nitrogen and oxygen atoms in total. The Balaban J connectivity index is 1.55. The summed E-state index contributed by atoms with van der Waals surface area (Å²) < 4.78 is 28.4. The highest BCUT2D eigenvalue weighted by Crippen LogP contribution is 2.28. The molecule has 2 atom stereocenters. The summed E-state index contributed by atoms with van der Waals surface area (Å²) in [6.45, 7) is 7.53. The van der Waals surface area contributed by atoms with Crippen LogP contribution in [0.5, 0.6) is 0 Å². The van der Waals surface area contributed by atoms with Gasteiger partial charge >= 0.3 is 0 Å². The summed E-state index contributed by atoms with van der Waals surface area (Å²) in [7, 11) is -3.49. The lowest BCUT2D eigenvalue weighted by Gasteiger charge is -2.26. The molecule has 2 unspecified atom stereocenters.